The molecule has 0 aliphatic carbocycles. The number of nitrogens with zero attached hydrogens (tertiary/aromatic N) is 2. The second kappa shape index (κ2) is 5.34. The van der Waals surface area contributed by atoms with Gasteiger partial charge in [0.15, 0.2) is 0 Å². The van der Waals surface area contributed by atoms with Gasteiger partial charge >= 0.3 is 0 Å². The van der Waals surface area contributed by atoms with E-state index in [1.165, 1.54) is 0 Å². The van der Waals surface area contributed by atoms with Crippen molar-refractivity contribution in [3.8, 4) is 0 Å². The van der Waals surface area contributed by atoms with E-state index in [1.807, 2.05) is 17.0 Å². The highest BCUT2D eigenvalue weighted by atomic mass is 16.2. The molecule has 2 heterocycles. The summed E-state index contributed by atoms with van der Waals surface area (Å²) in [6.45, 7) is 11.1. The Balaban J connectivity index is 1.66. The van der Waals surface area contributed by atoms with E-state index < -0.39 is 0 Å². The number of benzene rings is 1. The van der Waals surface area contributed by atoms with Crippen LogP contribution < -0.4 is 5.32 Å². The van der Waals surface area contributed by atoms with E-state index in [9.17, 15) is 4.79 Å². The lowest BCUT2D eigenvalue weighted by atomic mass is 9.99. The van der Waals surface area contributed by atoms with Crippen LogP contribution in [0.3, 0.4) is 0 Å². The molecule has 0 aromatic heterocycles. The molecule has 3 rings (SSSR count). The number of hydrogen-bond acceptors (Lipinski definition) is 3. The van der Waals surface area contributed by atoms with Gasteiger partial charge in [-0.1, -0.05) is 18.2 Å². The van der Waals surface area contributed by atoms with Crippen LogP contribution in [0.5, 0.6) is 0 Å². The summed E-state index contributed by atoms with van der Waals surface area (Å²) in [7, 11) is 0. The molecule has 1 aromatic carbocycles. The molecule has 114 valence electrons. The highest BCUT2D eigenvalue weighted by molar-refractivity contribution is 5.88. The summed E-state index contributed by atoms with van der Waals surface area (Å²) < 4.78 is 0. The lowest BCUT2D eigenvalue weighted by molar-refractivity contribution is -0.134. The van der Waals surface area contributed by atoms with Gasteiger partial charge in [0.1, 0.15) is 0 Å². The van der Waals surface area contributed by atoms with Gasteiger partial charge in [0.05, 0.1) is 5.92 Å². The minimum atomic E-state index is -0.0117. The Morgan fingerprint density at radius 3 is 2.48 bits per heavy atom. The molecule has 4 nitrogen and oxygen atoms in total. The Kier molecular flexibility index (Phi) is 3.66. The van der Waals surface area contributed by atoms with Gasteiger partial charge in [-0.05, 0) is 32.4 Å². The molecule has 1 atom stereocenters. The van der Waals surface area contributed by atoms with E-state index in [0.717, 1.165) is 44.0 Å². The number of hydrogen-bond donors (Lipinski definition) is 1. The average Bonchev–Trinajstić information content (AvgIpc) is 2.90. The maximum absolute atomic E-state index is 12.8. The van der Waals surface area contributed by atoms with Gasteiger partial charge in [-0.15, -0.1) is 0 Å². The minimum Gasteiger partial charge on any atom is -0.384 e. The van der Waals surface area contributed by atoms with Crippen molar-refractivity contribution in [2.45, 2.75) is 32.2 Å². The van der Waals surface area contributed by atoms with Gasteiger partial charge in [0, 0.05) is 44.0 Å². The first-order valence-corrected chi connectivity index (χ1v) is 7.83. The first-order valence-electron chi connectivity index (χ1n) is 7.83. The summed E-state index contributed by atoms with van der Waals surface area (Å²) in [6, 6.07) is 8.16. The molecule has 1 unspecified atom stereocenters. The highest BCUT2D eigenvalue weighted by Crippen LogP contribution is 2.32. The molecule has 0 radical (unpaired) electrons. The quantitative estimate of drug-likeness (QED) is 0.859. The van der Waals surface area contributed by atoms with Crippen LogP contribution in [0.4, 0.5) is 5.69 Å². The molecule has 4 heteroatoms. The van der Waals surface area contributed by atoms with E-state index in [4.69, 9.17) is 0 Å². The fourth-order valence-electron chi connectivity index (χ4n) is 3.32. The number of fused-ring (bicyclic) bond motifs is 1. The normalized spacial score (nSPS) is 22.8. The third-order valence-electron chi connectivity index (χ3n) is 4.67. The number of carbonyl (C=O) groups excluding carboxylic acids is 1. The van der Waals surface area contributed by atoms with E-state index in [0.29, 0.717) is 0 Å². The Bertz CT molecular complexity index is 527. The van der Waals surface area contributed by atoms with E-state index >= 15 is 0 Å². The standard InChI is InChI=1S/C17H25N3O/c1-17(2,3)20-10-8-19(9-11-20)16(21)14-12-18-15-7-5-4-6-13(14)15/h4-7,14,18H,8-12H2,1-3H3. The molecule has 0 bridgehead atoms. The lowest BCUT2D eigenvalue weighted by Gasteiger charge is -2.42. The summed E-state index contributed by atoms with van der Waals surface area (Å²) in [5, 5.41) is 3.35. The van der Waals surface area contributed by atoms with E-state index in [-0.39, 0.29) is 17.4 Å². The number of rotatable bonds is 1. The third-order valence-corrected chi connectivity index (χ3v) is 4.67. The number of nitrogens with one attached hydrogen (secondary N) is 1. The molecule has 0 saturated carbocycles. The van der Waals surface area contributed by atoms with Gasteiger partial charge in [0.25, 0.3) is 0 Å². The van der Waals surface area contributed by atoms with Crippen LogP contribution >= 0.6 is 0 Å². The van der Waals surface area contributed by atoms with E-state index in [2.05, 4.69) is 43.1 Å². The minimum absolute atomic E-state index is 0.0117. The van der Waals surface area contributed by atoms with Gasteiger partial charge in [0.2, 0.25) is 5.91 Å². The zero-order chi connectivity index (χ0) is 15.0. The monoisotopic (exact) mass is 287 g/mol. The molecule has 2 aliphatic rings. The first kappa shape index (κ1) is 14.4. The van der Waals surface area contributed by atoms with Crippen molar-refractivity contribution < 1.29 is 4.79 Å². The van der Waals surface area contributed by atoms with Crippen LogP contribution in [0.25, 0.3) is 0 Å². The van der Waals surface area contributed by atoms with Gasteiger partial charge < -0.3 is 10.2 Å². The Morgan fingerprint density at radius 2 is 1.81 bits per heavy atom. The van der Waals surface area contributed by atoms with E-state index in [1.54, 1.807) is 0 Å². The molecule has 2 aliphatic heterocycles. The average molecular weight is 287 g/mol. The maximum Gasteiger partial charge on any atom is 0.232 e. The molecular weight excluding hydrogens is 262 g/mol. The SMILES string of the molecule is CC(C)(C)N1CCN(C(=O)C2CNc3ccccc32)CC1. The summed E-state index contributed by atoms with van der Waals surface area (Å²) >= 11 is 0. The largest absolute Gasteiger partial charge is 0.384 e. The van der Waals surface area contributed by atoms with Crippen LogP contribution in [0.15, 0.2) is 24.3 Å². The number of piperazine rings is 1. The third kappa shape index (κ3) is 2.77. The predicted octanol–water partition coefficient (Wildman–Crippen LogP) is 2.14. The summed E-state index contributed by atoms with van der Waals surface area (Å²) in [4.78, 5) is 17.3. The molecule has 1 N–H and O–H groups in total. The van der Waals surface area contributed by atoms with Crippen molar-refractivity contribution in [2.75, 3.05) is 38.0 Å². The van der Waals surface area contributed by atoms with Crippen molar-refractivity contribution >= 4 is 11.6 Å². The molecule has 1 aromatic rings. The molecular formula is C17H25N3O. The molecule has 0 spiro atoms. The summed E-state index contributed by atoms with van der Waals surface area (Å²) in [6.07, 6.45) is 0. The Hall–Kier alpha value is -1.55. The first-order chi connectivity index (χ1) is 9.97. The van der Waals surface area contributed by atoms with Gasteiger partial charge in [-0.3, -0.25) is 9.69 Å². The van der Waals surface area contributed by atoms with Crippen LogP contribution in [0.2, 0.25) is 0 Å². The number of amides is 1. The molecule has 21 heavy (non-hydrogen) atoms. The second-order valence-corrected chi connectivity index (χ2v) is 7.00. The maximum atomic E-state index is 12.8. The Morgan fingerprint density at radius 1 is 1.14 bits per heavy atom. The van der Waals surface area contributed by atoms with Crippen LogP contribution in [0, 0.1) is 0 Å². The molecule has 1 saturated heterocycles. The summed E-state index contributed by atoms with van der Waals surface area (Å²) in [5.41, 5.74) is 2.46. The zero-order valence-electron chi connectivity index (χ0n) is 13.2. The summed E-state index contributed by atoms with van der Waals surface area (Å²) in [5.74, 6) is 0.267. The van der Waals surface area contributed by atoms with Crippen molar-refractivity contribution in [3.05, 3.63) is 29.8 Å². The van der Waals surface area contributed by atoms with Crippen LogP contribution in [0.1, 0.15) is 32.3 Å². The fourth-order valence-corrected chi connectivity index (χ4v) is 3.32. The van der Waals surface area contributed by atoms with Gasteiger partial charge in [-0.2, -0.15) is 0 Å². The second-order valence-electron chi connectivity index (χ2n) is 7.00. The van der Waals surface area contributed by atoms with Crippen molar-refractivity contribution in [1.29, 1.82) is 0 Å². The molecule has 1 amide bonds. The predicted molar refractivity (Wildman–Crippen MR) is 85.6 cm³/mol. The molecule has 1 fully saturated rings. The van der Waals surface area contributed by atoms with Crippen molar-refractivity contribution in [2.24, 2.45) is 0 Å². The van der Waals surface area contributed by atoms with Crippen LogP contribution in [-0.2, 0) is 4.79 Å². The van der Waals surface area contributed by atoms with Crippen molar-refractivity contribution in [3.63, 3.8) is 0 Å². The van der Waals surface area contributed by atoms with Crippen molar-refractivity contribution in [1.82, 2.24) is 9.80 Å². The fraction of sp³-hybridized carbons (Fsp3) is 0.588. The van der Waals surface area contributed by atoms with Gasteiger partial charge in [-0.25, -0.2) is 0 Å². The lowest BCUT2D eigenvalue weighted by Crippen LogP contribution is -2.55. The zero-order valence-corrected chi connectivity index (χ0v) is 13.2. The van der Waals surface area contributed by atoms with Crippen LogP contribution in [-0.4, -0.2) is 54.0 Å². The smallest absolute Gasteiger partial charge is 0.232 e. The Labute approximate surface area is 127 Å². The highest BCUT2D eigenvalue weighted by Gasteiger charge is 2.34. The number of para-hydroxylation sites is 1. The topological polar surface area (TPSA) is 35.6 Å². The number of anilines is 1. The number of carbonyl (C=O) groups is 1.